The Morgan fingerprint density at radius 1 is 1.16 bits per heavy atom. The van der Waals surface area contributed by atoms with Gasteiger partial charge in [-0.2, -0.15) is 10.4 Å². The second-order valence-corrected chi connectivity index (χ2v) is 7.28. The van der Waals surface area contributed by atoms with Gasteiger partial charge in [-0.15, -0.1) is 0 Å². The summed E-state index contributed by atoms with van der Waals surface area (Å²) in [6.07, 6.45) is 1.50. The van der Waals surface area contributed by atoms with Crippen molar-refractivity contribution in [3.05, 3.63) is 93.5 Å². The molecule has 6 nitrogen and oxygen atoms in total. The maximum Gasteiger partial charge on any atom is 0.271 e. The summed E-state index contributed by atoms with van der Waals surface area (Å²) in [5, 5.41) is 13.3. The molecule has 162 valence electrons. The molecule has 7 heteroatoms. The Kier molecular flexibility index (Phi) is 7.85. The molecule has 1 amide bonds. The number of aryl methyl sites for hydroxylation is 1. The van der Waals surface area contributed by atoms with Crippen molar-refractivity contribution in [1.82, 2.24) is 5.43 Å². The SMILES string of the molecule is CCOc1cc(/C=N/NC(=O)c2ccccc2C)cc(Cl)c1OCc1ccc(C#N)cc1. The average molecular weight is 448 g/mol. The van der Waals surface area contributed by atoms with Crippen molar-refractivity contribution in [3.63, 3.8) is 0 Å². The lowest BCUT2D eigenvalue weighted by Gasteiger charge is -2.14. The summed E-state index contributed by atoms with van der Waals surface area (Å²) >= 11 is 6.45. The standard InChI is InChI=1S/C25H22ClN3O3/c1-3-31-23-13-20(15-28-29-25(30)21-7-5-4-6-17(21)2)12-22(26)24(23)32-16-19-10-8-18(14-27)9-11-19/h4-13,15H,3,16H2,1-2H3,(H,29,30)/b28-15+. The molecule has 0 aliphatic carbocycles. The van der Waals surface area contributed by atoms with Gasteiger partial charge in [-0.05, 0) is 60.9 Å². The summed E-state index contributed by atoms with van der Waals surface area (Å²) in [6.45, 7) is 4.42. The molecule has 0 heterocycles. The number of rotatable bonds is 8. The number of nitriles is 1. The molecule has 3 rings (SSSR count). The van der Waals surface area contributed by atoms with E-state index in [0.717, 1.165) is 11.1 Å². The van der Waals surface area contributed by atoms with Gasteiger partial charge in [-0.3, -0.25) is 4.79 Å². The Morgan fingerprint density at radius 3 is 2.59 bits per heavy atom. The molecule has 32 heavy (non-hydrogen) atoms. The van der Waals surface area contributed by atoms with Crippen molar-refractivity contribution in [2.75, 3.05) is 6.61 Å². The lowest BCUT2D eigenvalue weighted by Crippen LogP contribution is -2.18. The van der Waals surface area contributed by atoms with E-state index >= 15 is 0 Å². The van der Waals surface area contributed by atoms with Crippen LogP contribution in [-0.2, 0) is 6.61 Å². The maximum atomic E-state index is 12.3. The Balaban J connectivity index is 1.72. The van der Waals surface area contributed by atoms with E-state index in [0.29, 0.717) is 39.8 Å². The van der Waals surface area contributed by atoms with Crippen LogP contribution in [0.25, 0.3) is 0 Å². The number of halogens is 1. The second kappa shape index (κ2) is 11.0. The van der Waals surface area contributed by atoms with Gasteiger partial charge in [-0.1, -0.05) is 41.9 Å². The predicted octanol–water partition coefficient (Wildman–Crippen LogP) is 5.26. The van der Waals surface area contributed by atoms with E-state index in [-0.39, 0.29) is 12.5 Å². The number of nitrogens with one attached hydrogen (secondary N) is 1. The minimum absolute atomic E-state index is 0.269. The summed E-state index contributed by atoms with van der Waals surface area (Å²) in [4.78, 5) is 12.3. The minimum atomic E-state index is -0.294. The van der Waals surface area contributed by atoms with Crippen LogP contribution in [0.5, 0.6) is 11.5 Å². The molecule has 0 aliphatic heterocycles. The third kappa shape index (κ3) is 5.87. The van der Waals surface area contributed by atoms with Crippen molar-refractivity contribution in [2.24, 2.45) is 5.10 Å². The van der Waals surface area contributed by atoms with E-state index in [1.54, 1.807) is 36.4 Å². The van der Waals surface area contributed by atoms with Crippen LogP contribution in [0.3, 0.4) is 0 Å². The second-order valence-electron chi connectivity index (χ2n) is 6.87. The van der Waals surface area contributed by atoms with Crippen molar-refractivity contribution in [2.45, 2.75) is 20.5 Å². The molecule has 0 bridgehead atoms. The number of carbonyl (C=O) groups excluding carboxylic acids is 1. The Hall–Kier alpha value is -3.82. The van der Waals surface area contributed by atoms with E-state index in [2.05, 4.69) is 16.6 Å². The largest absolute Gasteiger partial charge is 0.490 e. The highest BCUT2D eigenvalue weighted by molar-refractivity contribution is 6.32. The zero-order valence-electron chi connectivity index (χ0n) is 17.8. The van der Waals surface area contributed by atoms with E-state index in [9.17, 15) is 4.79 Å². The lowest BCUT2D eigenvalue weighted by molar-refractivity contribution is 0.0954. The molecule has 0 saturated carbocycles. The predicted molar refractivity (Wildman–Crippen MR) is 124 cm³/mol. The molecule has 1 N–H and O–H groups in total. The van der Waals surface area contributed by atoms with E-state index < -0.39 is 0 Å². The molecule has 3 aromatic carbocycles. The van der Waals surface area contributed by atoms with Gasteiger partial charge in [0.1, 0.15) is 6.61 Å². The molecule has 0 aliphatic rings. The highest BCUT2D eigenvalue weighted by atomic mass is 35.5. The zero-order valence-corrected chi connectivity index (χ0v) is 18.5. The summed E-state index contributed by atoms with van der Waals surface area (Å²) in [7, 11) is 0. The number of carbonyl (C=O) groups is 1. The molecule has 0 radical (unpaired) electrons. The third-order valence-corrected chi connectivity index (χ3v) is 4.85. The smallest absolute Gasteiger partial charge is 0.271 e. The monoisotopic (exact) mass is 447 g/mol. The zero-order chi connectivity index (χ0) is 22.9. The van der Waals surface area contributed by atoms with Crippen molar-refractivity contribution in [1.29, 1.82) is 5.26 Å². The van der Waals surface area contributed by atoms with Gasteiger partial charge >= 0.3 is 0 Å². The molecule has 3 aromatic rings. The number of hydrazone groups is 1. The first-order valence-corrected chi connectivity index (χ1v) is 10.4. The van der Waals surface area contributed by atoms with Crippen LogP contribution in [0.2, 0.25) is 5.02 Å². The van der Waals surface area contributed by atoms with Crippen molar-refractivity contribution >= 4 is 23.7 Å². The number of benzene rings is 3. The van der Waals surface area contributed by atoms with Crippen LogP contribution in [-0.4, -0.2) is 18.7 Å². The van der Waals surface area contributed by atoms with Crippen LogP contribution >= 0.6 is 11.6 Å². The number of amides is 1. The fourth-order valence-electron chi connectivity index (χ4n) is 2.95. The van der Waals surface area contributed by atoms with E-state index in [4.69, 9.17) is 26.3 Å². The normalized spacial score (nSPS) is 10.6. The first-order chi connectivity index (χ1) is 15.5. The molecule has 0 fully saturated rings. The van der Waals surface area contributed by atoms with Gasteiger partial charge in [-0.25, -0.2) is 5.43 Å². The first-order valence-electron chi connectivity index (χ1n) is 9.99. The third-order valence-electron chi connectivity index (χ3n) is 4.57. The number of ether oxygens (including phenoxy) is 2. The molecule has 0 aromatic heterocycles. The summed E-state index contributed by atoms with van der Waals surface area (Å²) in [6, 6.07) is 19.9. The summed E-state index contributed by atoms with van der Waals surface area (Å²) in [5.74, 6) is 0.595. The molecule has 0 saturated heterocycles. The number of hydrogen-bond acceptors (Lipinski definition) is 5. The fourth-order valence-corrected chi connectivity index (χ4v) is 3.22. The van der Waals surface area contributed by atoms with Crippen LogP contribution < -0.4 is 14.9 Å². The number of nitrogens with zero attached hydrogens (tertiary/aromatic N) is 2. The van der Waals surface area contributed by atoms with Gasteiger partial charge in [0, 0.05) is 5.56 Å². The van der Waals surface area contributed by atoms with Gasteiger partial charge in [0.25, 0.3) is 5.91 Å². The minimum Gasteiger partial charge on any atom is -0.490 e. The molecular formula is C25H22ClN3O3. The highest BCUT2D eigenvalue weighted by Crippen LogP contribution is 2.37. The highest BCUT2D eigenvalue weighted by Gasteiger charge is 2.13. The maximum absolute atomic E-state index is 12.3. The summed E-state index contributed by atoms with van der Waals surface area (Å²) < 4.78 is 11.6. The van der Waals surface area contributed by atoms with Gasteiger partial charge in [0.2, 0.25) is 0 Å². The molecule has 0 unspecified atom stereocenters. The summed E-state index contributed by atoms with van der Waals surface area (Å²) in [5.41, 5.74) is 6.07. The molecule has 0 atom stereocenters. The van der Waals surface area contributed by atoms with Gasteiger partial charge in [0.15, 0.2) is 11.5 Å². The van der Waals surface area contributed by atoms with Crippen molar-refractivity contribution in [3.8, 4) is 17.6 Å². The lowest BCUT2D eigenvalue weighted by atomic mass is 10.1. The van der Waals surface area contributed by atoms with Crippen LogP contribution in [0.1, 0.15) is 39.5 Å². The van der Waals surface area contributed by atoms with Gasteiger partial charge < -0.3 is 9.47 Å². The quantitative estimate of drug-likeness (QED) is 0.377. The van der Waals surface area contributed by atoms with Crippen molar-refractivity contribution < 1.29 is 14.3 Å². The van der Waals surface area contributed by atoms with Crippen LogP contribution in [0.15, 0.2) is 65.8 Å². The Labute approximate surface area is 192 Å². The first kappa shape index (κ1) is 22.9. The topological polar surface area (TPSA) is 83.7 Å². The number of hydrogen-bond donors (Lipinski definition) is 1. The Bertz CT molecular complexity index is 1170. The van der Waals surface area contributed by atoms with E-state index in [1.807, 2.05) is 38.1 Å². The molecule has 0 spiro atoms. The average Bonchev–Trinajstić information content (AvgIpc) is 2.79. The molecular weight excluding hydrogens is 426 g/mol. The fraction of sp³-hybridized carbons (Fsp3) is 0.160. The van der Waals surface area contributed by atoms with Crippen LogP contribution in [0, 0.1) is 18.3 Å². The van der Waals surface area contributed by atoms with Gasteiger partial charge in [0.05, 0.1) is 29.5 Å². The van der Waals surface area contributed by atoms with E-state index in [1.165, 1.54) is 6.21 Å². The Morgan fingerprint density at radius 2 is 1.91 bits per heavy atom. The van der Waals surface area contributed by atoms with Crippen LogP contribution in [0.4, 0.5) is 0 Å².